The molecule has 0 N–H and O–H groups in total. The molecule has 0 spiro atoms. The summed E-state index contributed by atoms with van der Waals surface area (Å²) >= 11 is 0. The van der Waals surface area contributed by atoms with Crippen molar-refractivity contribution in [2.24, 2.45) is 6.98 Å². The van der Waals surface area contributed by atoms with Gasteiger partial charge in [-0.15, -0.1) is 0 Å². The maximum absolute atomic E-state index is 7.77. The van der Waals surface area contributed by atoms with Crippen molar-refractivity contribution in [3.05, 3.63) is 12.5 Å². The van der Waals surface area contributed by atoms with Crippen LogP contribution in [0.2, 0.25) is 0 Å². The molecule has 0 bridgehead atoms. The van der Waals surface area contributed by atoms with Crippen molar-refractivity contribution in [2.45, 2.75) is 38.9 Å². The minimum atomic E-state index is -2.61. The van der Waals surface area contributed by atoms with Crippen molar-refractivity contribution in [2.75, 3.05) is 0 Å². The second-order valence-electron chi connectivity index (χ2n) is 4.63. The minimum absolute atomic E-state index is 0.0475. The molecule has 0 saturated carbocycles. The quantitative estimate of drug-likeness (QED) is 0.645. The Morgan fingerprint density at radius 3 is 2.53 bits per heavy atom. The Bertz CT molecular complexity index is 524. The lowest BCUT2D eigenvalue weighted by Gasteiger charge is -2.32. The summed E-state index contributed by atoms with van der Waals surface area (Å²) in [4.78, 5) is 3.59. The van der Waals surface area contributed by atoms with Crippen LogP contribution >= 0.6 is 0 Å². The van der Waals surface area contributed by atoms with Gasteiger partial charge in [0.2, 0.25) is 0 Å². The zero-order valence-corrected chi connectivity index (χ0v) is 9.29. The molecule has 0 radical (unpaired) electrons. The number of nitrogens with zero attached hydrogens (tertiary/aromatic N) is 2. The van der Waals surface area contributed by atoms with Gasteiger partial charge in [-0.3, -0.25) is 0 Å². The van der Waals surface area contributed by atoms with Crippen molar-refractivity contribution < 1.29 is 16.2 Å². The predicted octanol–water partition coefficient (Wildman–Crippen LogP) is 0.719. The standard InChI is InChI=1S/C10H17BN2O2/c1-9(2)10(3,4)15-11(14-9)8-6-12-7-13(8)5/h6-7H,1-5H3/i5D3,6D,7D. The highest BCUT2D eigenvalue weighted by atomic mass is 16.7. The first kappa shape index (κ1) is 6.06. The van der Waals surface area contributed by atoms with E-state index in [1.807, 2.05) is 27.7 Å². The predicted molar refractivity (Wildman–Crippen MR) is 58.9 cm³/mol. The Morgan fingerprint density at radius 1 is 1.40 bits per heavy atom. The fourth-order valence-electron chi connectivity index (χ4n) is 1.35. The zero-order chi connectivity index (χ0) is 15.5. The molecule has 0 amide bonds. The minimum Gasteiger partial charge on any atom is -0.398 e. The molecule has 2 heterocycles. The Kier molecular flexibility index (Phi) is 1.25. The average molecular weight is 213 g/mol. The van der Waals surface area contributed by atoms with Gasteiger partial charge in [0.25, 0.3) is 0 Å². The maximum atomic E-state index is 7.77. The summed E-state index contributed by atoms with van der Waals surface area (Å²) in [6, 6.07) is 0. The molecule has 1 aliphatic heterocycles. The molecule has 4 nitrogen and oxygen atoms in total. The van der Waals surface area contributed by atoms with Gasteiger partial charge in [0.1, 0.15) is 1.37 Å². The van der Waals surface area contributed by atoms with Gasteiger partial charge in [0.05, 0.1) is 24.5 Å². The normalized spacial score (nSPS) is 29.1. The van der Waals surface area contributed by atoms with Gasteiger partial charge >= 0.3 is 7.12 Å². The molecular weight excluding hydrogens is 191 g/mol. The molecule has 1 aromatic rings. The summed E-state index contributed by atoms with van der Waals surface area (Å²) in [5.74, 6) is 0. The molecule has 0 aliphatic carbocycles. The van der Waals surface area contributed by atoms with E-state index in [1.165, 1.54) is 0 Å². The van der Waals surface area contributed by atoms with E-state index in [1.54, 1.807) is 0 Å². The average Bonchev–Trinajstić information content (AvgIpc) is 2.60. The second kappa shape index (κ2) is 3.09. The fraction of sp³-hybridized carbons (Fsp3) is 0.700. The Hall–Kier alpha value is -0.805. The van der Waals surface area contributed by atoms with Gasteiger partial charge in [-0.25, -0.2) is 4.98 Å². The third-order valence-corrected chi connectivity index (χ3v) is 3.04. The SMILES string of the molecule is [2H]c1nc([2H])n(C([2H])([2H])[2H])c1B1OC(C)(C)C(C)(C)O1. The maximum Gasteiger partial charge on any atom is 0.514 e. The summed E-state index contributed by atoms with van der Waals surface area (Å²) < 4.78 is 50.0. The summed E-state index contributed by atoms with van der Waals surface area (Å²) in [7, 11) is -1.03. The first-order chi connectivity index (χ1) is 8.87. The van der Waals surface area contributed by atoms with Gasteiger partial charge in [-0.05, 0) is 27.7 Å². The van der Waals surface area contributed by atoms with Crippen LogP contribution in [-0.4, -0.2) is 27.9 Å². The van der Waals surface area contributed by atoms with Crippen molar-refractivity contribution in [1.82, 2.24) is 9.55 Å². The van der Waals surface area contributed by atoms with Crippen LogP contribution in [0.5, 0.6) is 0 Å². The highest BCUT2D eigenvalue weighted by molar-refractivity contribution is 6.61. The van der Waals surface area contributed by atoms with E-state index in [9.17, 15) is 0 Å². The highest BCUT2D eigenvalue weighted by Gasteiger charge is 2.52. The van der Waals surface area contributed by atoms with Crippen LogP contribution in [0.15, 0.2) is 12.5 Å². The molecule has 1 aliphatic rings. The third kappa shape index (κ3) is 1.60. The lowest BCUT2D eigenvalue weighted by molar-refractivity contribution is 0.00578. The van der Waals surface area contributed by atoms with E-state index < -0.39 is 31.6 Å². The third-order valence-electron chi connectivity index (χ3n) is 3.04. The van der Waals surface area contributed by atoms with E-state index in [-0.39, 0.29) is 11.8 Å². The van der Waals surface area contributed by atoms with Crippen LogP contribution in [-0.2, 0) is 16.3 Å². The van der Waals surface area contributed by atoms with Crippen LogP contribution in [0.1, 0.15) is 34.5 Å². The van der Waals surface area contributed by atoms with E-state index >= 15 is 0 Å². The van der Waals surface area contributed by atoms with Crippen LogP contribution in [0.4, 0.5) is 0 Å². The molecule has 2 rings (SSSR count). The Balaban J connectivity index is 2.51. The lowest BCUT2D eigenvalue weighted by Crippen LogP contribution is -2.41. The Morgan fingerprint density at radius 2 is 2.00 bits per heavy atom. The van der Waals surface area contributed by atoms with Crippen molar-refractivity contribution in [3.63, 3.8) is 0 Å². The van der Waals surface area contributed by atoms with E-state index in [2.05, 4.69) is 4.98 Å². The molecule has 1 saturated heterocycles. The van der Waals surface area contributed by atoms with Gasteiger partial charge in [0, 0.05) is 17.3 Å². The van der Waals surface area contributed by atoms with Gasteiger partial charge in [-0.2, -0.15) is 0 Å². The second-order valence-corrected chi connectivity index (χ2v) is 4.63. The smallest absolute Gasteiger partial charge is 0.398 e. The summed E-state index contributed by atoms with van der Waals surface area (Å²) in [5, 5.41) is 0. The van der Waals surface area contributed by atoms with Crippen LogP contribution < -0.4 is 5.59 Å². The molecule has 0 unspecified atom stereocenters. The van der Waals surface area contributed by atoms with E-state index in [0.717, 1.165) is 0 Å². The number of imidazole rings is 1. The summed E-state index contributed by atoms with van der Waals surface area (Å²) in [6.45, 7) is 4.70. The number of rotatable bonds is 1. The Labute approximate surface area is 97.8 Å². The number of aromatic nitrogens is 2. The molecule has 5 heteroatoms. The largest absolute Gasteiger partial charge is 0.514 e. The number of hydrogen-bond donors (Lipinski definition) is 0. The molecule has 1 aromatic heterocycles. The zero-order valence-electron chi connectivity index (χ0n) is 14.3. The summed E-state index contributed by atoms with van der Waals surface area (Å²) in [6.07, 6.45) is -0.815. The van der Waals surface area contributed by atoms with E-state index in [4.69, 9.17) is 16.2 Å². The van der Waals surface area contributed by atoms with Gasteiger partial charge in [-0.1, -0.05) is 0 Å². The molecule has 82 valence electrons. The van der Waals surface area contributed by atoms with Crippen LogP contribution in [0.25, 0.3) is 0 Å². The molecular formula is C10H17BN2O2. The van der Waals surface area contributed by atoms with Crippen LogP contribution in [0, 0.1) is 0 Å². The molecule has 0 atom stereocenters. The van der Waals surface area contributed by atoms with Crippen molar-refractivity contribution in [3.8, 4) is 0 Å². The molecule has 1 fully saturated rings. The van der Waals surface area contributed by atoms with Gasteiger partial charge < -0.3 is 13.9 Å². The van der Waals surface area contributed by atoms with E-state index in [0.29, 0.717) is 4.57 Å². The molecule has 15 heavy (non-hydrogen) atoms. The first-order valence-electron chi connectivity index (χ1n) is 7.29. The van der Waals surface area contributed by atoms with Crippen LogP contribution in [0.3, 0.4) is 0 Å². The lowest BCUT2D eigenvalue weighted by atomic mass is 9.85. The van der Waals surface area contributed by atoms with Crippen molar-refractivity contribution in [1.29, 1.82) is 0 Å². The van der Waals surface area contributed by atoms with Crippen molar-refractivity contribution >= 4 is 12.7 Å². The topological polar surface area (TPSA) is 36.3 Å². The number of hydrogen-bond acceptors (Lipinski definition) is 3. The highest BCUT2D eigenvalue weighted by Crippen LogP contribution is 2.36. The fourth-order valence-corrected chi connectivity index (χ4v) is 1.35. The summed E-state index contributed by atoms with van der Waals surface area (Å²) in [5.41, 5.74) is -1.36. The monoisotopic (exact) mass is 213 g/mol. The molecule has 0 aromatic carbocycles. The van der Waals surface area contributed by atoms with Gasteiger partial charge in [0.15, 0.2) is 0 Å². The first-order valence-corrected chi connectivity index (χ1v) is 4.79.